The molecule has 0 unspecified atom stereocenters. The minimum absolute atomic E-state index is 0.0173. The first-order valence-electron chi connectivity index (χ1n) is 9.25. The van der Waals surface area contributed by atoms with E-state index in [0.717, 1.165) is 12.1 Å². The topological polar surface area (TPSA) is 87.9 Å². The Morgan fingerprint density at radius 2 is 1.77 bits per heavy atom. The van der Waals surface area contributed by atoms with E-state index in [2.05, 4.69) is 15.3 Å². The first-order valence-corrected chi connectivity index (χ1v) is 9.25. The number of rotatable bonds is 4. The zero-order chi connectivity index (χ0) is 22.3. The van der Waals surface area contributed by atoms with E-state index >= 15 is 0 Å². The fourth-order valence-electron chi connectivity index (χ4n) is 4.48. The molecule has 1 aliphatic carbocycles. The molecular formula is C21H21F3N4O2. The Balaban J connectivity index is 1.82. The number of nitrogens with zero attached hydrogens (tertiary/aromatic N) is 3. The molecule has 1 aromatic carbocycles. The summed E-state index contributed by atoms with van der Waals surface area (Å²) in [6, 6.07) is 6.12. The van der Waals surface area contributed by atoms with Crippen molar-refractivity contribution in [2.45, 2.75) is 46.0 Å². The second-order valence-electron chi connectivity index (χ2n) is 8.44. The number of ether oxygens (including phenoxy) is 1. The molecule has 1 fully saturated rings. The maximum absolute atomic E-state index is 13.3. The van der Waals surface area contributed by atoms with Gasteiger partial charge in [-0.15, -0.1) is 0 Å². The van der Waals surface area contributed by atoms with E-state index in [0.29, 0.717) is 0 Å². The maximum atomic E-state index is 13.3. The van der Waals surface area contributed by atoms with Crippen molar-refractivity contribution in [1.29, 1.82) is 5.26 Å². The molecule has 0 saturated heterocycles. The summed E-state index contributed by atoms with van der Waals surface area (Å²) in [6.07, 6.45) is -2.22. The number of carbonyl (C=O) groups is 1. The lowest BCUT2D eigenvalue weighted by Gasteiger charge is -2.63. The fourth-order valence-corrected chi connectivity index (χ4v) is 4.48. The molecule has 30 heavy (non-hydrogen) atoms. The summed E-state index contributed by atoms with van der Waals surface area (Å²) in [5.41, 5.74) is -2.67. The predicted octanol–water partition coefficient (Wildman–Crippen LogP) is 3.98. The first-order chi connectivity index (χ1) is 13.9. The van der Waals surface area contributed by atoms with Crippen LogP contribution in [0.15, 0.2) is 36.7 Å². The van der Waals surface area contributed by atoms with Gasteiger partial charge in [0.05, 0.1) is 17.2 Å². The smallest absolute Gasteiger partial charge is 0.417 e. The Morgan fingerprint density at radius 1 is 1.17 bits per heavy atom. The van der Waals surface area contributed by atoms with Crippen molar-refractivity contribution in [1.82, 2.24) is 15.3 Å². The van der Waals surface area contributed by atoms with Crippen LogP contribution in [-0.4, -0.2) is 28.0 Å². The molecule has 1 amide bonds. The highest BCUT2D eigenvalue weighted by Gasteiger charge is 2.64. The lowest BCUT2D eigenvalue weighted by atomic mass is 9.49. The fraction of sp³-hybridized carbons (Fsp3) is 0.429. The van der Waals surface area contributed by atoms with Gasteiger partial charge in [-0.3, -0.25) is 4.79 Å². The summed E-state index contributed by atoms with van der Waals surface area (Å²) in [5, 5.41) is 11.9. The molecule has 9 heteroatoms. The highest BCUT2D eigenvalue weighted by Crippen LogP contribution is 2.55. The average Bonchev–Trinajstić information content (AvgIpc) is 2.69. The molecule has 1 heterocycles. The number of aromatic nitrogens is 2. The standard InChI is InChI=1S/C21H21F3N4O2/c1-19(2)17(28-16(29)15-26-8-5-9-27-15)20(3,4)18(19)30-13-7-6-12(11-25)14(10-13)21(22,23)24/h5-10,17-18H,1-4H3,(H,28,29). The van der Waals surface area contributed by atoms with E-state index in [4.69, 9.17) is 10.00 Å². The van der Waals surface area contributed by atoms with Crippen LogP contribution >= 0.6 is 0 Å². The van der Waals surface area contributed by atoms with Crippen molar-refractivity contribution < 1.29 is 22.7 Å². The molecule has 2 aromatic rings. The molecule has 3 rings (SSSR count). The van der Waals surface area contributed by atoms with E-state index in [9.17, 15) is 18.0 Å². The Labute approximate surface area is 172 Å². The Kier molecular flexibility index (Phi) is 5.23. The van der Waals surface area contributed by atoms with Gasteiger partial charge in [0.25, 0.3) is 5.91 Å². The number of benzene rings is 1. The summed E-state index contributed by atoms with van der Waals surface area (Å²) in [4.78, 5) is 20.3. The lowest BCUT2D eigenvalue weighted by molar-refractivity contribution is -0.164. The van der Waals surface area contributed by atoms with Crippen LogP contribution in [0.5, 0.6) is 5.75 Å². The molecule has 1 aliphatic rings. The van der Waals surface area contributed by atoms with Crippen LogP contribution in [-0.2, 0) is 6.18 Å². The van der Waals surface area contributed by atoms with Crippen LogP contribution in [0, 0.1) is 22.2 Å². The van der Waals surface area contributed by atoms with Crippen molar-refractivity contribution >= 4 is 5.91 Å². The third-order valence-corrected chi connectivity index (χ3v) is 5.55. The van der Waals surface area contributed by atoms with Crippen LogP contribution in [0.4, 0.5) is 13.2 Å². The number of alkyl halides is 3. The van der Waals surface area contributed by atoms with Gasteiger partial charge in [0.15, 0.2) is 0 Å². The van der Waals surface area contributed by atoms with Gasteiger partial charge >= 0.3 is 6.18 Å². The zero-order valence-electron chi connectivity index (χ0n) is 16.9. The van der Waals surface area contributed by atoms with E-state index in [1.54, 1.807) is 12.1 Å². The van der Waals surface area contributed by atoms with Gasteiger partial charge in [-0.25, -0.2) is 9.97 Å². The van der Waals surface area contributed by atoms with Crippen LogP contribution in [0.2, 0.25) is 0 Å². The summed E-state index contributed by atoms with van der Waals surface area (Å²) in [5.74, 6) is -0.378. The molecule has 0 atom stereocenters. The number of hydrogen-bond acceptors (Lipinski definition) is 5. The first kappa shape index (κ1) is 21.6. The van der Waals surface area contributed by atoms with Crippen molar-refractivity contribution in [2.75, 3.05) is 0 Å². The third kappa shape index (κ3) is 3.70. The molecule has 1 aromatic heterocycles. The molecule has 1 N–H and O–H groups in total. The summed E-state index contributed by atoms with van der Waals surface area (Å²) in [7, 11) is 0. The van der Waals surface area contributed by atoms with Crippen molar-refractivity contribution in [3.05, 3.63) is 53.6 Å². The van der Waals surface area contributed by atoms with E-state index in [1.165, 1.54) is 18.5 Å². The normalized spacial score (nSPS) is 21.8. The van der Waals surface area contributed by atoms with Crippen LogP contribution in [0.1, 0.15) is 49.4 Å². The largest absolute Gasteiger partial charge is 0.489 e. The number of nitrogens with one attached hydrogen (secondary N) is 1. The molecule has 158 valence electrons. The number of nitriles is 1. The zero-order valence-corrected chi connectivity index (χ0v) is 16.9. The number of amides is 1. The molecule has 0 bridgehead atoms. The number of hydrogen-bond donors (Lipinski definition) is 1. The van der Waals surface area contributed by atoms with Gasteiger partial charge in [-0.1, -0.05) is 27.7 Å². The molecule has 1 saturated carbocycles. The van der Waals surface area contributed by atoms with Crippen LogP contribution in [0.3, 0.4) is 0 Å². The highest BCUT2D eigenvalue weighted by molar-refractivity contribution is 5.90. The number of carbonyl (C=O) groups excluding carboxylic acids is 1. The Hall–Kier alpha value is -3.15. The molecular weight excluding hydrogens is 397 g/mol. The number of halogens is 3. The Bertz CT molecular complexity index is 982. The van der Waals surface area contributed by atoms with Gasteiger partial charge in [0.1, 0.15) is 11.9 Å². The Morgan fingerprint density at radius 3 is 2.30 bits per heavy atom. The minimum atomic E-state index is -4.67. The van der Waals surface area contributed by atoms with Gasteiger partial charge < -0.3 is 10.1 Å². The quantitative estimate of drug-likeness (QED) is 0.812. The highest BCUT2D eigenvalue weighted by atomic mass is 19.4. The molecule has 6 nitrogen and oxygen atoms in total. The predicted molar refractivity (Wildman–Crippen MR) is 101 cm³/mol. The van der Waals surface area contributed by atoms with E-state index in [-0.39, 0.29) is 17.6 Å². The van der Waals surface area contributed by atoms with Gasteiger partial charge in [-0.2, -0.15) is 18.4 Å². The van der Waals surface area contributed by atoms with Crippen LogP contribution < -0.4 is 10.1 Å². The molecule has 0 radical (unpaired) electrons. The summed E-state index contributed by atoms with van der Waals surface area (Å²) < 4.78 is 45.7. The second-order valence-corrected chi connectivity index (χ2v) is 8.44. The van der Waals surface area contributed by atoms with Crippen molar-refractivity contribution in [2.24, 2.45) is 10.8 Å². The molecule has 0 spiro atoms. The summed E-state index contributed by atoms with van der Waals surface area (Å²) in [6.45, 7) is 7.48. The third-order valence-electron chi connectivity index (χ3n) is 5.55. The molecule has 0 aliphatic heterocycles. The van der Waals surface area contributed by atoms with E-state index in [1.807, 2.05) is 27.7 Å². The van der Waals surface area contributed by atoms with Crippen molar-refractivity contribution in [3.8, 4) is 11.8 Å². The van der Waals surface area contributed by atoms with Gasteiger partial charge in [0, 0.05) is 29.3 Å². The van der Waals surface area contributed by atoms with Gasteiger partial charge in [-0.05, 0) is 24.3 Å². The average molecular weight is 418 g/mol. The monoisotopic (exact) mass is 418 g/mol. The SMILES string of the molecule is CC1(C)C(NC(=O)c2ncccn2)C(C)(C)C1Oc1ccc(C#N)c(C(F)(F)F)c1. The minimum Gasteiger partial charge on any atom is -0.489 e. The summed E-state index contributed by atoms with van der Waals surface area (Å²) >= 11 is 0. The van der Waals surface area contributed by atoms with Crippen molar-refractivity contribution in [3.63, 3.8) is 0 Å². The van der Waals surface area contributed by atoms with E-state index < -0.39 is 40.1 Å². The van der Waals surface area contributed by atoms with Gasteiger partial charge in [0.2, 0.25) is 5.82 Å². The van der Waals surface area contributed by atoms with Crippen LogP contribution in [0.25, 0.3) is 0 Å². The second kappa shape index (κ2) is 7.27. The lowest BCUT2D eigenvalue weighted by Crippen LogP contribution is -2.74. The maximum Gasteiger partial charge on any atom is 0.417 e.